The zero-order valence-corrected chi connectivity index (χ0v) is 15.5. The number of halogens is 2. The standard InChI is InChI=1S/C16H14Cl2N6O2/c1-8-13-10-7-19-14(18)11(17)12(10)22-24(13)4-3-23(8)16(25)15-20-5-9(26-2)6-21-15/h5-8H,3-4H2,1-2H3. The molecule has 0 aliphatic carbocycles. The van der Waals surface area contributed by atoms with Gasteiger partial charge in [0, 0.05) is 18.1 Å². The summed E-state index contributed by atoms with van der Waals surface area (Å²) in [6.07, 6.45) is 4.58. The molecule has 3 aromatic rings. The number of nitrogens with zero attached hydrogens (tertiary/aromatic N) is 6. The number of aromatic nitrogens is 5. The quantitative estimate of drug-likeness (QED) is 0.623. The van der Waals surface area contributed by atoms with E-state index in [0.717, 1.165) is 11.1 Å². The second kappa shape index (κ2) is 6.37. The SMILES string of the molecule is COc1cnc(C(=O)N2CCn3nc4c(Cl)c(Cl)ncc4c3C2C)nc1. The van der Waals surface area contributed by atoms with Crippen LogP contribution < -0.4 is 4.74 Å². The lowest BCUT2D eigenvalue weighted by atomic mass is 10.1. The Kier molecular flexibility index (Phi) is 4.16. The molecular weight excluding hydrogens is 379 g/mol. The second-order valence-electron chi connectivity index (χ2n) is 5.85. The Morgan fingerprint density at radius 2 is 1.92 bits per heavy atom. The lowest BCUT2D eigenvalue weighted by Gasteiger charge is -2.33. The highest BCUT2D eigenvalue weighted by Crippen LogP contribution is 2.36. The number of pyridine rings is 1. The zero-order chi connectivity index (χ0) is 18.4. The summed E-state index contributed by atoms with van der Waals surface area (Å²) in [5.74, 6) is 0.359. The van der Waals surface area contributed by atoms with E-state index in [-0.39, 0.29) is 22.9 Å². The van der Waals surface area contributed by atoms with Gasteiger partial charge in [0.2, 0.25) is 5.82 Å². The first-order valence-electron chi connectivity index (χ1n) is 7.88. The largest absolute Gasteiger partial charge is 0.494 e. The van der Waals surface area contributed by atoms with Crippen LogP contribution in [0.3, 0.4) is 0 Å². The van der Waals surface area contributed by atoms with E-state index in [2.05, 4.69) is 20.1 Å². The van der Waals surface area contributed by atoms with Gasteiger partial charge in [0.25, 0.3) is 5.91 Å². The first-order valence-corrected chi connectivity index (χ1v) is 8.64. The van der Waals surface area contributed by atoms with Crippen LogP contribution >= 0.6 is 23.2 Å². The van der Waals surface area contributed by atoms with Crippen LogP contribution in [-0.4, -0.2) is 49.2 Å². The van der Waals surface area contributed by atoms with Crippen molar-refractivity contribution in [3.05, 3.63) is 40.3 Å². The minimum Gasteiger partial charge on any atom is -0.494 e. The molecule has 0 bridgehead atoms. The van der Waals surface area contributed by atoms with Crippen molar-refractivity contribution in [3.63, 3.8) is 0 Å². The van der Waals surface area contributed by atoms with Crippen molar-refractivity contribution < 1.29 is 9.53 Å². The van der Waals surface area contributed by atoms with Gasteiger partial charge in [0.05, 0.1) is 37.8 Å². The monoisotopic (exact) mass is 392 g/mol. The Balaban J connectivity index is 1.72. The molecule has 1 aliphatic rings. The molecule has 4 heterocycles. The Bertz CT molecular complexity index is 1000. The van der Waals surface area contributed by atoms with E-state index < -0.39 is 0 Å². The van der Waals surface area contributed by atoms with Crippen molar-refractivity contribution in [1.82, 2.24) is 29.6 Å². The minimum atomic E-state index is -0.256. The molecule has 26 heavy (non-hydrogen) atoms. The average Bonchev–Trinajstić information content (AvgIpc) is 3.05. The van der Waals surface area contributed by atoms with Crippen LogP contribution in [0.1, 0.15) is 29.3 Å². The van der Waals surface area contributed by atoms with Gasteiger partial charge in [-0.1, -0.05) is 23.2 Å². The second-order valence-corrected chi connectivity index (χ2v) is 6.59. The normalized spacial score (nSPS) is 16.6. The first kappa shape index (κ1) is 17.0. The highest BCUT2D eigenvalue weighted by molar-refractivity contribution is 6.44. The topological polar surface area (TPSA) is 86.0 Å². The number of hydrogen-bond acceptors (Lipinski definition) is 6. The van der Waals surface area contributed by atoms with Crippen molar-refractivity contribution >= 4 is 40.0 Å². The molecule has 0 spiro atoms. The van der Waals surface area contributed by atoms with Crippen molar-refractivity contribution in [2.24, 2.45) is 0 Å². The summed E-state index contributed by atoms with van der Waals surface area (Å²) in [4.78, 5) is 26.9. The van der Waals surface area contributed by atoms with Gasteiger partial charge in [0.15, 0.2) is 5.75 Å². The van der Waals surface area contributed by atoms with Crippen LogP contribution in [0.5, 0.6) is 5.75 Å². The van der Waals surface area contributed by atoms with Crippen LogP contribution in [0.4, 0.5) is 0 Å². The summed E-state index contributed by atoms with van der Waals surface area (Å²) in [5.41, 5.74) is 1.45. The number of ether oxygens (including phenoxy) is 1. The third kappa shape index (κ3) is 2.57. The lowest BCUT2D eigenvalue weighted by Crippen LogP contribution is -2.41. The van der Waals surface area contributed by atoms with Crippen molar-refractivity contribution in [1.29, 1.82) is 0 Å². The summed E-state index contributed by atoms with van der Waals surface area (Å²) in [7, 11) is 1.52. The molecule has 0 saturated carbocycles. The molecule has 0 aromatic carbocycles. The fourth-order valence-electron chi connectivity index (χ4n) is 3.15. The number of carbonyl (C=O) groups excluding carboxylic acids is 1. The molecule has 1 atom stereocenters. The predicted octanol–water partition coefficient (Wildman–Crippen LogP) is 2.75. The number of fused-ring (bicyclic) bond motifs is 3. The molecule has 1 aliphatic heterocycles. The predicted molar refractivity (Wildman–Crippen MR) is 95.6 cm³/mol. The third-order valence-electron chi connectivity index (χ3n) is 4.46. The molecule has 0 fully saturated rings. The maximum absolute atomic E-state index is 12.9. The maximum atomic E-state index is 12.9. The molecule has 1 amide bonds. The van der Waals surface area contributed by atoms with Gasteiger partial charge in [-0.25, -0.2) is 15.0 Å². The van der Waals surface area contributed by atoms with Crippen molar-refractivity contribution in [2.45, 2.75) is 19.5 Å². The van der Waals surface area contributed by atoms with Gasteiger partial charge in [-0.15, -0.1) is 0 Å². The fraction of sp³-hybridized carbons (Fsp3) is 0.312. The summed E-state index contributed by atoms with van der Waals surface area (Å²) < 4.78 is 6.87. The summed E-state index contributed by atoms with van der Waals surface area (Å²) in [5, 5.41) is 5.83. The van der Waals surface area contributed by atoms with Gasteiger partial charge in [-0.2, -0.15) is 5.10 Å². The Morgan fingerprint density at radius 3 is 2.62 bits per heavy atom. The molecule has 1 unspecified atom stereocenters. The summed E-state index contributed by atoms with van der Waals surface area (Å²) in [6, 6.07) is -0.244. The fourth-order valence-corrected chi connectivity index (χ4v) is 3.47. The zero-order valence-electron chi connectivity index (χ0n) is 14.0. The molecule has 0 N–H and O–H groups in total. The Morgan fingerprint density at radius 1 is 1.19 bits per heavy atom. The van der Waals surface area contributed by atoms with Gasteiger partial charge >= 0.3 is 0 Å². The van der Waals surface area contributed by atoms with E-state index in [4.69, 9.17) is 27.9 Å². The number of methoxy groups -OCH3 is 1. The van der Waals surface area contributed by atoms with Crippen molar-refractivity contribution in [3.8, 4) is 5.75 Å². The minimum absolute atomic E-state index is 0.120. The summed E-state index contributed by atoms with van der Waals surface area (Å²) >= 11 is 12.2. The first-order chi connectivity index (χ1) is 12.5. The third-order valence-corrected chi connectivity index (χ3v) is 5.20. The van der Waals surface area contributed by atoms with E-state index in [1.165, 1.54) is 19.5 Å². The van der Waals surface area contributed by atoms with Gasteiger partial charge in [-0.05, 0) is 6.92 Å². The highest BCUT2D eigenvalue weighted by atomic mass is 35.5. The van der Waals surface area contributed by atoms with Crippen LogP contribution in [0.25, 0.3) is 10.9 Å². The van der Waals surface area contributed by atoms with E-state index in [9.17, 15) is 4.79 Å². The van der Waals surface area contributed by atoms with Crippen LogP contribution in [0, 0.1) is 0 Å². The van der Waals surface area contributed by atoms with Gasteiger partial charge in [-0.3, -0.25) is 9.48 Å². The average molecular weight is 393 g/mol. The van der Waals surface area contributed by atoms with E-state index in [1.807, 2.05) is 11.6 Å². The molecule has 10 heteroatoms. The Hall–Kier alpha value is -2.45. The molecular formula is C16H14Cl2N6O2. The molecule has 3 aromatic heterocycles. The number of carbonyl (C=O) groups is 1. The van der Waals surface area contributed by atoms with Crippen LogP contribution in [-0.2, 0) is 6.54 Å². The number of hydrogen-bond donors (Lipinski definition) is 0. The van der Waals surface area contributed by atoms with Gasteiger partial charge in [0.1, 0.15) is 15.7 Å². The maximum Gasteiger partial charge on any atom is 0.292 e. The summed E-state index contributed by atoms with van der Waals surface area (Å²) in [6.45, 7) is 2.94. The van der Waals surface area contributed by atoms with E-state index >= 15 is 0 Å². The van der Waals surface area contributed by atoms with Gasteiger partial charge < -0.3 is 9.64 Å². The Labute approximate surface area is 158 Å². The molecule has 134 valence electrons. The smallest absolute Gasteiger partial charge is 0.292 e. The number of rotatable bonds is 2. The van der Waals surface area contributed by atoms with Crippen LogP contribution in [0.15, 0.2) is 18.6 Å². The molecule has 8 nitrogen and oxygen atoms in total. The molecule has 4 rings (SSSR count). The molecule has 0 radical (unpaired) electrons. The highest BCUT2D eigenvalue weighted by Gasteiger charge is 2.33. The lowest BCUT2D eigenvalue weighted by molar-refractivity contribution is 0.0626. The van der Waals surface area contributed by atoms with E-state index in [1.54, 1.807) is 11.1 Å². The van der Waals surface area contributed by atoms with Crippen molar-refractivity contribution in [2.75, 3.05) is 13.7 Å². The van der Waals surface area contributed by atoms with E-state index in [0.29, 0.717) is 29.4 Å². The number of amides is 1. The molecule has 0 saturated heterocycles. The van der Waals surface area contributed by atoms with Crippen LogP contribution in [0.2, 0.25) is 10.2 Å².